The summed E-state index contributed by atoms with van der Waals surface area (Å²) < 4.78 is 0. The third-order valence-electron chi connectivity index (χ3n) is 5.01. The smallest absolute Gasteiger partial charge is 0.253 e. The van der Waals surface area contributed by atoms with Gasteiger partial charge in [-0.05, 0) is 55.6 Å². The maximum Gasteiger partial charge on any atom is 0.253 e. The summed E-state index contributed by atoms with van der Waals surface area (Å²) in [6.07, 6.45) is 3.27. The molecule has 0 atom stereocenters. The molecule has 1 saturated heterocycles. The highest BCUT2D eigenvalue weighted by Gasteiger charge is 2.20. The predicted octanol–water partition coefficient (Wildman–Crippen LogP) is 2.96. The molecule has 2 aromatic carbocycles. The maximum absolute atomic E-state index is 12.8. The van der Waals surface area contributed by atoms with Crippen LogP contribution in [0.2, 0.25) is 0 Å². The quantitative estimate of drug-likeness (QED) is 0.869. The summed E-state index contributed by atoms with van der Waals surface area (Å²) in [5.74, 6) is 0.0754. The topological polar surface area (TPSA) is 43.8 Å². The molecular formula is C22H28N2O2. The number of aliphatic hydroxyl groups excluding tert-OH is 1. The number of amides is 1. The molecule has 1 N–H and O–H groups in total. The molecule has 3 rings (SSSR count). The summed E-state index contributed by atoms with van der Waals surface area (Å²) in [5, 5.41) is 9.27. The van der Waals surface area contributed by atoms with Crippen molar-refractivity contribution in [2.45, 2.75) is 25.9 Å². The Morgan fingerprint density at radius 3 is 2.54 bits per heavy atom. The first-order valence-electron chi connectivity index (χ1n) is 9.51. The molecule has 0 aromatic heterocycles. The van der Waals surface area contributed by atoms with Crippen molar-refractivity contribution >= 4 is 5.91 Å². The number of hydrogen-bond donors (Lipinski definition) is 1. The standard InChI is InChI=1S/C22H28N2O2/c25-18-20-9-4-11-21(17-20)22(26)24-14-6-13-23(15-16-24)12-5-10-19-7-2-1-3-8-19/h1-4,7-9,11,17,25H,5-6,10,12-16,18H2. The molecule has 1 amide bonds. The van der Waals surface area contributed by atoms with Crippen LogP contribution in [0.3, 0.4) is 0 Å². The van der Waals surface area contributed by atoms with Gasteiger partial charge in [0.05, 0.1) is 6.61 Å². The Hall–Kier alpha value is -2.17. The second-order valence-corrected chi connectivity index (χ2v) is 6.94. The van der Waals surface area contributed by atoms with E-state index in [1.165, 1.54) is 5.56 Å². The fraction of sp³-hybridized carbons (Fsp3) is 0.409. The van der Waals surface area contributed by atoms with Crippen LogP contribution in [0.4, 0.5) is 0 Å². The lowest BCUT2D eigenvalue weighted by atomic mass is 10.1. The first-order chi connectivity index (χ1) is 12.8. The molecule has 1 aliphatic heterocycles. The van der Waals surface area contributed by atoms with Crippen molar-refractivity contribution in [2.75, 3.05) is 32.7 Å². The number of carbonyl (C=O) groups is 1. The molecule has 1 heterocycles. The van der Waals surface area contributed by atoms with E-state index in [9.17, 15) is 9.90 Å². The van der Waals surface area contributed by atoms with Crippen LogP contribution in [0.25, 0.3) is 0 Å². The summed E-state index contributed by atoms with van der Waals surface area (Å²) in [6, 6.07) is 17.9. The van der Waals surface area contributed by atoms with Crippen molar-refractivity contribution in [2.24, 2.45) is 0 Å². The molecule has 2 aromatic rings. The van der Waals surface area contributed by atoms with Gasteiger partial charge in [-0.25, -0.2) is 0 Å². The lowest BCUT2D eigenvalue weighted by molar-refractivity contribution is 0.0761. The normalized spacial score (nSPS) is 15.7. The van der Waals surface area contributed by atoms with Crippen LogP contribution >= 0.6 is 0 Å². The molecule has 4 heteroatoms. The SMILES string of the molecule is O=C(c1cccc(CO)c1)N1CCCN(CCCc2ccccc2)CC1. The number of benzene rings is 2. The highest BCUT2D eigenvalue weighted by Crippen LogP contribution is 2.12. The highest BCUT2D eigenvalue weighted by atomic mass is 16.3. The van der Waals surface area contributed by atoms with Gasteiger partial charge >= 0.3 is 0 Å². The van der Waals surface area contributed by atoms with E-state index in [1.54, 1.807) is 6.07 Å². The van der Waals surface area contributed by atoms with E-state index in [1.807, 2.05) is 23.1 Å². The lowest BCUT2D eigenvalue weighted by Gasteiger charge is -2.22. The minimum Gasteiger partial charge on any atom is -0.392 e. The molecule has 4 nitrogen and oxygen atoms in total. The molecule has 0 bridgehead atoms. The van der Waals surface area contributed by atoms with Gasteiger partial charge in [0, 0.05) is 25.2 Å². The first-order valence-corrected chi connectivity index (χ1v) is 9.51. The molecule has 26 heavy (non-hydrogen) atoms. The maximum atomic E-state index is 12.8. The lowest BCUT2D eigenvalue weighted by Crippen LogP contribution is -2.35. The van der Waals surface area contributed by atoms with Crippen molar-refractivity contribution in [3.05, 3.63) is 71.3 Å². The molecule has 1 aliphatic rings. The van der Waals surface area contributed by atoms with Crippen molar-refractivity contribution in [3.63, 3.8) is 0 Å². The zero-order valence-corrected chi connectivity index (χ0v) is 15.3. The van der Waals surface area contributed by atoms with Crippen LogP contribution in [0.15, 0.2) is 54.6 Å². The second-order valence-electron chi connectivity index (χ2n) is 6.94. The molecule has 0 radical (unpaired) electrons. The van der Waals surface area contributed by atoms with Gasteiger partial charge < -0.3 is 14.9 Å². The monoisotopic (exact) mass is 352 g/mol. The third-order valence-corrected chi connectivity index (χ3v) is 5.01. The Bertz CT molecular complexity index is 702. The largest absolute Gasteiger partial charge is 0.392 e. The van der Waals surface area contributed by atoms with Crippen molar-refractivity contribution < 1.29 is 9.90 Å². The van der Waals surface area contributed by atoms with Crippen LogP contribution in [-0.2, 0) is 13.0 Å². The number of nitrogens with zero attached hydrogens (tertiary/aromatic N) is 2. The molecule has 0 saturated carbocycles. The average molecular weight is 352 g/mol. The van der Waals surface area contributed by atoms with Crippen LogP contribution < -0.4 is 0 Å². The Kier molecular flexibility index (Phi) is 6.81. The first kappa shape index (κ1) is 18.6. The second kappa shape index (κ2) is 9.51. The minimum atomic E-state index is -0.0314. The Morgan fingerprint density at radius 2 is 1.73 bits per heavy atom. The summed E-state index contributed by atoms with van der Waals surface area (Å²) in [4.78, 5) is 17.2. The summed E-state index contributed by atoms with van der Waals surface area (Å²) in [7, 11) is 0. The van der Waals surface area contributed by atoms with Crippen LogP contribution in [0.1, 0.15) is 34.3 Å². The van der Waals surface area contributed by atoms with E-state index >= 15 is 0 Å². The van der Waals surface area contributed by atoms with Gasteiger partial charge in [-0.3, -0.25) is 4.79 Å². The van der Waals surface area contributed by atoms with Gasteiger partial charge in [0.25, 0.3) is 5.91 Å². The van der Waals surface area contributed by atoms with Gasteiger partial charge in [-0.1, -0.05) is 42.5 Å². The number of carbonyl (C=O) groups excluding carboxylic acids is 1. The van der Waals surface area contributed by atoms with Crippen LogP contribution in [-0.4, -0.2) is 53.5 Å². The van der Waals surface area contributed by atoms with Gasteiger partial charge in [0.1, 0.15) is 0 Å². The van der Waals surface area contributed by atoms with Crippen LogP contribution in [0, 0.1) is 0 Å². The zero-order valence-electron chi connectivity index (χ0n) is 15.3. The molecule has 138 valence electrons. The van der Waals surface area contributed by atoms with Gasteiger partial charge in [0.15, 0.2) is 0 Å². The van der Waals surface area contributed by atoms with Crippen LogP contribution in [0.5, 0.6) is 0 Å². The predicted molar refractivity (Wildman–Crippen MR) is 104 cm³/mol. The number of rotatable bonds is 6. The molecular weight excluding hydrogens is 324 g/mol. The molecule has 0 aliphatic carbocycles. The van der Waals surface area contributed by atoms with Crippen molar-refractivity contribution in [1.29, 1.82) is 0 Å². The summed E-state index contributed by atoms with van der Waals surface area (Å²) in [5.41, 5.74) is 2.85. The Labute approximate surface area is 156 Å². The number of aliphatic hydroxyl groups is 1. The molecule has 0 unspecified atom stereocenters. The number of hydrogen-bond acceptors (Lipinski definition) is 3. The molecule has 0 spiro atoms. The highest BCUT2D eigenvalue weighted by molar-refractivity contribution is 5.94. The molecule has 1 fully saturated rings. The Balaban J connectivity index is 1.49. The summed E-state index contributed by atoms with van der Waals surface area (Å²) in [6.45, 7) is 4.60. The van der Waals surface area contributed by atoms with Crippen molar-refractivity contribution in [3.8, 4) is 0 Å². The Morgan fingerprint density at radius 1 is 0.923 bits per heavy atom. The van der Waals surface area contributed by atoms with Gasteiger partial charge in [-0.15, -0.1) is 0 Å². The van der Waals surface area contributed by atoms with E-state index in [4.69, 9.17) is 0 Å². The summed E-state index contributed by atoms with van der Waals surface area (Å²) >= 11 is 0. The van der Waals surface area contributed by atoms with Crippen molar-refractivity contribution in [1.82, 2.24) is 9.80 Å². The van der Waals surface area contributed by atoms with E-state index < -0.39 is 0 Å². The van der Waals surface area contributed by atoms with E-state index in [0.717, 1.165) is 57.5 Å². The minimum absolute atomic E-state index is 0.0314. The number of aryl methyl sites for hydroxylation is 1. The van der Waals surface area contributed by atoms with E-state index in [-0.39, 0.29) is 12.5 Å². The van der Waals surface area contributed by atoms with Gasteiger partial charge in [0.2, 0.25) is 0 Å². The zero-order chi connectivity index (χ0) is 18.2. The van der Waals surface area contributed by atoms with E-state index in [0.29, 0.717) is 5.56 Å². The fourth-order valence-electron chi connectivity index (χ4n) is 3.53. The van der Waals surface area contributed by atoms with Gasteiger partial charge in [-0.2, -0.15) is 0 Å². The third kappa shape index (κ3) is 5.16. The average Bonchev–Trinajstić information content (AvgIpc) is 2.94. The fourth-order valence-corrected chi connectivity index (χ4v) is 3.53. The van der Waals surface area contributed by atoms with E-state index in [2.05, 4.69) is 35.2 Å².